The first-order valence-electron chi connectivity index (χ1n) is 9.85. The van der Waals surface area contributed by atoms with Gasteiger partial charge >= 0.3 is 0 Å². The van der Waals surface area contributed by atoms with Gasteiger partial charge in [-0.1, -0.05) is 29.5 Å². The normalized spacial score (nSPS) is 15.0. The third kappa shape index (κ3) is 4.96. The fourth-order valence-corrected chi connectivity index (χ4v) is 5.18. The minimum absolute atomic E-state index is 0.0211. The summed E-state index contributed by atoms with van der Waals surface area (Å²) in [5.41, 5.74) is 2.88. The maximum atomic E-state index is 13.4. The Kier molecular flexibility index (Phi) is 6.79. The van der Waals surface area contributed by atoms with E-state index in [1.54, 1.807) is 11.3 Å². The number of thiazole rings is 1. The number of aromatic nitrogens is 1. The molecule has 29 heavy (non-hydrogen) atoms. The minimum Gasteiger partial charge on any atom is -0.379 e. The van der Waals surface area contributed by atoms with E-state index in [1.165, 1.54) is 5.56 Å². The number of ether oxygens (including phenoxy) is 1. The van der Waals surface area contributed by atoms with Crippen LogP contribution in [0.3, 0.4) is 0 Å². The van der Waals surface area contributed by atoms with Gasteiger partial charge in [0, 0.05) is 29.7 Å². The number of fused-ring (bicyclic) bond motifs is 1. The van der Waals surface area contributed by atoms with E-state index in [-0.39, 0.29) is 5.91 Å². The maximum absolute atomic E-state index is 13.4. The molecule has 0 saturated carbocycles. The molecule has 2 aromatic carbocycles. The van der Waals surface area contributed by atoms with Gasteiger partial charge in [-0.25, -0.2) is 4.98 Å². The van der Waals surface area contributed by atoms with E-state index in [1.807, 2.05) is 35.2 Å². The molecule has 1 aliphatic heterocycles. The van der Waals surface area contributed by atoms with Crippen LogP contribution in [-0.4, -0.2) is 55.2 Å². The lowest BCUT2D eigenvalue weighted by Crippen LogP contribution is -2.39. The number of halogens is 1. The summed E-state index contributed by atoms with van der Waals surface area (Å²) < 4.78 is 7.52. The Hall–Kier alpha value is -1.55. The molecule has 0 radical (unpaired) electrons. The van der Waals surface area contributed by atoms with Crippen molar-refractivity contribution < 1.29 is 9.53 Å². The second-order valence-electron chi connectivity index (χ2n) is 7.21. The van der Waals surface area contributed by atoms with Crippen LogP contribution in [0.2, 0.25) is 0 Å². The standard InChI is InChI=1S/C22H24IN3O2S/c1-16-7-8-19-20(15-16)29-22(24-19)26(10-4-9-25-11-13-28-14-12-25)21(27)17-5-2-3-6-18(17)23/h2-3,5-8,15H,4,9-14H2,1H3. The van der Waals surface area contributed by atoms with Crippen molar-refractivity contribution in [2.24, 2.45) is 0 Å². The van der Waals surface area contributed by atoms with Gasteiger partial charge in [-0.2, -0.15) is 0 Å². The van der Waals surface area contributed by atoms with E-state index in [0.717, 1.165) is 63.8 Å². The van der Waals surface area contributed by atoms with Crippen LogP contribution in [0.25, 0.3) is 10.2 Å². The van der Waals surface area contributed by atoms with Crippen molar-refractivity contribution in [3.05, 3.63) is 57.2 Å². The predicted molar refractivity (Wildman–Crippen MR) is 127 cm³/mol. The first kappa shape index (κ1) is 20.7. The average Bonchev–Trinajstić information content (AvgIpc) is 3.14. The van der Waals surface area contributed by atoms with E-state index in [4.69, 9.17) is 9.72 Å². The van der Waals surface area contributed by atoms with Crippen molar-refractivity contribution in [1.82, 2.24) is 9.88 Å². The highest BCUT2D eigenvalue weighted by molar-refractivity contribution is 14.1. The minimum atomic E-state index is 0.0211. The number of carbonyl (C=O) groups excluding carboxylic acids is 1. The number of rotatable bonds is 6. The molecule has 2 heterocycles. The molecule has 1 fully saturated rings. The summed E-state index contributed by atoms with van der Waals surface area (Å²) in [4.78, 5) is 22.5. The fraction of sp³-hybridized carbons (Fsp3) is 0.364. The number of benzene rings is 2. The number of aryl methyl sites for hydroxylation is 1. The molecular weight excluding hydrogens is 497 g/mol. The lowest BCUT2D eigenvalue weighted by atomic mass is 10.2. The molecule has 1 aromatic heterocycles. The number of nitrogens with zero attached hydrogens (tertiary/aromatic N) is 3. The fourth-order valence-electron chi connectivity index (χ4n) is 3.48. The van der Waals surface area contributed by atoms with E-state index in [0.29, 0.717) is 6.54 Å². The molecule has 7 heteroatoms. The van der Waals surface area contributed by atoms with Gasteiger partial charge in [-0.15, -0.1) is 0 Å². The van der Waals surface area contributed by atoms with Gasteiger partial charge < -0.3 is 4.74 Å². The van der Waals surface area contributed by atoms with Crippen molar-refractivity contribution in [2.45, 2.75) is 13.3 Å². The number of morpholine rings is 1. The lowest BCUT2D eigenvalue weighted by molar-refractivity contribution is 0.0376. The van der Waals surface area contributed by atoms with Gasteiger partial charge in [0.1, 0.15) is 0 Å². The maximum Gasteiger partial charge on any atom is 0.261 e. The molecule has 4 rings (SSSR count). The Bertz CT molecular complexity index is 1000. The molecule has 0 atom stereocenters. The van der Waals surface area contributed by atoms with E-state index >= 15 is 0 Å². The Balaban J connectivity index is 1.58. The van der Waals surface area contributed by atoms with Crippen molar-refractivity contribution in [1.29, 1.82) is 0 Å². The van der Waals surface area contributed by atoms with Crippen molar-refractivity contribution in [3.63, 3.8) is 0 Å². The average molecular weight is 521 g/mol. The van der Waals surface area contributed by atoms with Gasteiger partial charge in [-0.3, -0.25) is 14.6 Å². The van der Waals surface area contributed by atoms with Crippen LogP contribution in [0.1, 0.15) is 22.3 Å². The van der Waals surface area contributed by atoms with Crippen molar-refractivity contribution in [3.8, 4) is 0 Å². The molecule has 1 saturated heterocycles. The summed E-state index contributed by atoms with van der Waals surface area (Å²) in [6.45, 7) is 7.21. The van der Waals surface area contributed by atoms with E-state index in [2.05, 4.69) is 46.5 Å². The third-order valence-electron chi connectivity index (χ3n) is 5.07. The monoisotopic (exact) mass is 521 g/mol. The van der Waals surface area contributed by atoms with Gasteiger partial charge in [0.25, 0.3) is 5.91 Å². The van der Waals surface area contributed by atoms with Crippen LogP contribution in [0, 0.1) is 10.5 Å². The van der Waals surface area contributed by atoms with Gasteiger partial charge in [0.15, 0.2) is 5.13 Å². The van der Waals surface area contributed by atoms with Crippen LogP contribution in [0.5, 0.6) is 0 Å². The molecule has 3 aromatic rings. The van der Waals surface area contributed by atoms with Crippen LogP contribution in [-0.2, 0) is 4.74 Å². The summed E-state index contributed by atoms with van der Waals surface area (Å²) in [6, 6.07) is 14.0. The first-order valence-corrected chi connectivity index (χ1v) is 11.7. The Morgan fingerprint density at radius 1 is 1.24 bits per heavy atom. The topological polar surface area (TPSA) is 45.7 Å². The summed E-state index contributed by atoms with van der Waals surface area (Å²) in [7, 11) is 0. The molecule has 1 aliphatic rings. The molecule has 0 unspecified atom stereocenters. The summed E-state index contributed by atoms with van der Waals surface area (Å²) >= 11 is 3.83. The quantitative estimate of drug-likeness (QED) is 0.446. The third-order valence-corrected chi connectivity index (χ3v) is 7.05. The predicted octanol–water partition coefficient (Wildman–Crippen LogP) is 4.58. The number of anilines is 1. The van der Waals surface area contributed by atoms with Crippen LogP contribution >= 0.6 is 33.9 Å². The zero-order valence-electron chi connectivity index (χ0n) is 16.4. The highest BCUT2D eigenvalue weighted by Crippen LogP contribution is 2.31. The highest BCUT2D eigenvalue weighted by Gasteiger charge is 2.23. The van der Waals surface area contributed by atoms with Crippen molar-refractivity contribution in [2.75, 3.05) is 44.3 Å². The van der Waals surface area contributed by atoms with Crippen LogP contribution < -0.4 is 4.90 Å². The van der Waals surface area contributed by atoms with Gasteiger partial charge in [0.05, 0.1) is 29.0 Å². The number of carbonyl (C=O) groups is 1. The molecule has 0 spiro atoms. The molecule has 1 amide bonds. The second kappa shape index (κ2) is 9.51. The molecule has 0 bridgehead atoms. The first-order chi connectivity index (χ1) is 14.1. The molecule has 0 N–H and O–H groups in total. The number of hydrogen-bond donors (Lipinski definition) is 0. The van der Waals surface area contributed by atoms with E-state index in [9.17, 15) is 4.79 Å². The summed E-state index contributed by atoms with van der Waals surface area (Å²) in [6.07, 6.45) is 0.907. The van der Waals surface area contributed by atoms with Gasteiger partial charge in [0.2, 0.25) is 0 Å². The smallest absolute Gasteiger partial charge is 0.261 e. The zero-order chi connectivity index (χ0) is 20.2. The van der Waals surface area contributed by atoms with E-state index < -0.39 is 0 Å². The second-order valence-corrected chi connectivity index (χ2v) is 9.38. The van der Waals surface area contributed by atoms with Crippen LogP contribution in [0.15, 0.2) is 42.5 Å². The van der Waals surface area contributed by atoms with Gasteiger partial charge in [-0.05, 0) is 65.8 Å². The Morgan fingerprint density at radius 3 is 2.83 bits per heavy atom. The van der Waals surface area contributed by atoms with Crippen LogP contribution in [0.4, 0.5) is 5.13 Å². The SMILES string of the molecule is Cc1ccc2nc(N(CCCN3CCOCC3)C(=O)c3ccccc3I)sc2c1. The molecule has 152 valence electrons. The lowest BCUT2D eigenvalue weighted by Gasteiger charge is -2.27. The molecule has 5 nitrogen and oxygen atoms in total. The number of amides is 1. The number of hydrogen-bond acceptors (Lipinski definition) is 5. The largest absolute Gasteiger partial charge is 0.379 e. The highest BCUT2D eigenvalue weighted by atomic mass is 127. The summed E-state index contributed by atoms with van der Waals surface area (Å²) in [5.74, 6) is 0.0211. The summed E-state index contributed by atoms with van der Waals surface area (Å²) in [5, 5.41) is 0.775. The molecular formula is C22H24IN3O2S. The Morgan fingerprint density at radius 2 is 2.03 bits per heavy atom. The zero-order valence-corrected chi connectivity index (χ0v) is 19.4. The molecule has 0 aliphatic carbocycles. The Labute approximate surface area is 188 Å². The van der Waals surface area contributed by atoms with Crippen molar-refractivity contribution >= 4 is 55.2 Å².